The summed E-state index contributed by atoms with van der Waals surface area (Å²) in [4.78, 5) is 11.1. The smallest absolute Gasteiger partial charge is 0.335 e. The Kier molecular flexibility index (Phi) is 4.52. The van der Waals surface area contributed by atoms with Crippen molar-refractivity contribution >= 4 is 5.97 Å². The van der Waals surface area contributed by atoms with Crippen LogP contribution in [0.15, 0.2) is 36.4 Å². The highest BCUT2D eigenvalue weighted by Crippen LogP contribution is 2.32. The third-order valence-corrected chi connectivity index (χ3v) is 2.92. The molecule has 2 aromatic carbocycles. The van der Waals surface area contributed by atoms with Gasteiger partial charge >= 0.3 is 5.97 Å². The second kappa shape index (κ2) is 6.35. The number of aromatic carboxylic acids is 1. The van der Waals surface area contributed by atoms with Gasteiger partial charge in [0.25, 0.3) is 0 Å². The quantitative estimate of drug-likeness (QED) is 0.901. The van der Waals surface area contributed by atoms with E-state index in [9.17, 15) is 13.6 Å². The second-order valence-electron chi connectivity index (χ2n) is 4.49. The van der Waals surface area contributed by atoms with Gasteiger partial charge in [-0.15, -0.1) is 0 Å². The Morgan fingerprint density at radius 3 is 2.52 bits per heavy atom. The summed E-state index contributed by atoms with van der Waals surface area (Å²) in [6.45, 7) is 2.38. The Morgan fingerprint density at radius 1 is 1.14 bits per heavy atom. The molecule has 2 rings (SSSR count). The Labute approximate surface area is 120 Å². The molecule has 0 unspecified atom stereocenters. The van der Waals surface area contributed by atoms with Crippen LogP contribution in [0.4, 0.5) is 8.78 Å². The molecule has 0 aromatic heterocycles. The van der Waals surface area contributed by atoms with Crippen LogP contribution >= 0.6 is 0 Å². The summed E-state index contributed by atoms with van der Waals surface area (Å²) in [7, 11) is 0. The molecule has 0 saturated heterocycles. The highest BCUT2D eigenvalue weighted by atomic mass is 19.2. The normalized spacial score (nSPS) is 10.4. The van der Waals surface area contributed by atoms with Crippen molar-refractivity contribution < 1.29 is 23.4 Å². The zero-order valence-corrected chi connectivity index (χ0v) is 11.4. The van der Waals surface area contributed by atoms with Gasteiger partial charge in [-0.1, -0.05) is 13.0 Å². The summed E-state index contributed by atoms with van der Waals surface area (Å²) in [5.74, 6) is -2.60. The summed E-state index contributed by atoms with van der Waals surface area (Å²) in [6.07, 6.45) is 0.776. The average molecular weight is 292 g/mol. The van der Waals surface area contributed by atoms with Gasteiger partial charge in [0.1, 0.15) is 5.75 Å². The van der Waals surface area contributed by atoms with Crippen LogP contribution in [0.5, 0.6) is 5.75 Å². The predicted molar refractivity (Wildman–Crippen MR) is 74.5 cm³/mol. The highest BCUT2D eigenvalue weighted by Gasteiger charge is 2.13. The van der Waals surface area contributed by atoms with Crippen molar-refractivity contribution in [1.82, 2.24) is 0 Å². The molecule has 0 aliphatic rings. The first-order valence-corrected chi connectivity index (χ1v) is 6.48. The lowest BCUT2D eigenvalue weighted by Gasteiger charge is -2.12. The molecule has 21 heavy (non-hydrogen) atoms. The maximum absolute atomic E-state index is 13.4. The van der Waals surface area contributed by atoms with E-state index in [0.29, 0.717) is 23.5 Å². The fraction of sp³-hybridized carbons (Fsp3) is 0.188. The number of ether oxygens (including phenoxy) is 1. The zero-order valence-electron chi connectivity index (χ0n) is 11.4. The van der Waals surface area contributed by atoms with E-state index < -0.39 is 17.6 Å². The van der Waals surface area contributed by atoms with Gasteiger partial charge in [-0.3, -0.25) is 0 Å². The highest BCUT2D eigenvalue weighted by molar-refractivity contribution is 5.90. The SMILES string of the molecule is CCCOc1ccc(C(=O)O)cc1-c1ccc(F)c(F)c1. The molecule has 3 nitrogen and oxygen atoms in total. The summed E-state index contributed by atoms with van der Waals surface area (Å²) < 4.78 is 31.9. The lowest BCUT2D eigenvalue weighted by atomic mass is 10.0. The average Bonchev–Trinajstić information content (AvgIpc) is 2.47. The van der Waals surface area contributed by atoms with E-state index in [1.807, 2.05) is 6.92 Å². The van der Waals surface area contributed by atoms with E-state index in [1.54, 1.807) is 0 Å². The second-order valence-corrected chi connectivity index (χ2v) is 4.49. The summed E-state index contributed by atoms with van der Waals surface area (Å²) in [5.41, 5.74) is 0.837. The molecule has 0 atom stereocenters. The van der Waals surface area contributed by atoms with Crippen LogP contribution in [0.1, 0.15) is 23.7 Å². The Hall–Kier alpha value is -2.43. The predicted octanol–water partition coefficient (Wildman–Crippen LogP) is 4.12. The molecule has 0 aliphatic carbocycles. The van der Waals surface area contributed by atoms with Gasteiger partial charge in [-0.05, 0) is 42.3 Å². The van der Waals surface area contributed by atoms with Crippen molar-refractivity contribution in [2.24, 2.45) is 0 Å². The number of benzene rings is 2. The van der Waals surface area contributed by atoms with Crippen LogP contribution in [0, 0.1) is 11.6 Å². The molecule has 0 aliphatic heterocycles. The van der Waals surface area contributed by atoms with Gasteiger partial charge in [-0.2, -0.15) is 0 Å². The number of rotatable bonds is 5. The number of carboxylic acid groups (broad SMARTS) is 1. The van der Waals surface area contributed by atoms with Crippen LogP contribution in [-0.4, -0.2) is 17.7 Å². The van der Waals surface area contributed by atoms with Gasteiger partial charge in [-0.25, -0.2) is 13.6 Å². The lowest BCUT2D eigenvalue weighted by molar-refractivity contribution is 0.0697. The fourth-order valence-electron chi connectivity index (χ4n) is 1.89. The van der Waals surface area contributed by atoms with Crippen LogP contribution in [0.2, 0.25) is 0 Å². The van der Waals surface area contributed by atoms with E-state index in [1.165, 1.54) is 24.3 Å². The maximum Gasteiger partial charge on any atom is 0.335 e. The van der Waals surface area contributed by atoms with Crippen LogP contribution in [0.25, 0.3) is 11.1 Å². The third-order valence-electron chi connectivity index (χ3n) is 2.92. The van der Waals surface area contributed by atoms with Gasteiger partial charge in [0.15, 0.2) is 11.6 Å². The summed E-state index contributed by atoms with van der Waals surface area (Å²) >= 11 is 0. The minimum absolute atomic E-state index is 0.0542. The van der Waals surface area contributed by atoms with Crippen molar-refractivity contribution in [2.75, 3.05) is 6.61 Å². The Balaban J connectivity index is 2.53. The van der Waals surface area contributed by atoms with Crippen molar-refractivity contribution in [3.8, 4) is 16.9 Å². The largest absolute Gasteiger partial charge is 0.493 e. The topological polar surface area (TPSA) is 46.5 Å². The molecule has 0 radical (unpaired) electrons. The molecule has 1 N–H and O–H groups in total. The number of carboxylic acids is 1. The molecular weight excluding hydrogens is 278 g/mol. The number of hydrogen-bond acceptors (Lipinski definition) is 2. The van der Waals surface area contributed by atoms with Crippen LogP contribution in [-0.2, 0) is 0 Å². The summed E-state index contributed by atoms with van der Waals surface area (Å²) in [5, 5.41) is 9.05. The van der Waals surface area contributed by atoms with Crippen LogP contribution in [0.3, 0.4) is 0 Å². The van der Waals surface area contributed by atoms with Gasteiger partial charge < -0.3 is 9.84 Å². The first kappa shape index (κ1) is 15.0. The van der Waals surface area contributed by atoms with Gasteiger partial charge in [0.2, 0.25) is 0 Å². The molecule has 5 heteroatoms. The monoisotopic (exact) mass is 292 g/mol. The van der Waals surface area contributed by atoms with E-state index in [2.05, 4.69) is 0 Å². The van der Waals surface area contributed by atoms with Crippen LogP contribution < -0.4 is 4.74 Å². The van der Waals surface area contributed by atoms with Crippen molar-refractivity contribution in [3.63, 3.8) is 0 Å². The van der Waals surface area contributed by atoms with Crippen molar-refractivity contribution in [1.29, 1.82) is 0 Å². The van der Waals surface area contributed by atoms with Gasteiger partial charge in [0.05, 0.1) is 12.2 Å². The molecule has 0 amide bonds. The molecule has 110 valence electrons. The molecular formula is C16H14F2O3. The molecule has 0 bridgehead atoms. The van der Waals surface area contributed by atoms with E-state index >= 15 is 0 Å². The molecule has 0 saturated carbocycles. The minimum atomic E-state index is -1.10. The molecule has 0 fully saturated rings. The summed E-state index contributed by atoms with van der Waals surface area (Å²) in [6, 6.07) is 7.74. The fourth-order valence-corrected chi connectivity index (χ4v) is 1.89. The van der Waals surface area contributed by atoms with Gasteiger partial charge in [0, 0.05) is 5.56 Å². The Morgan fingerprint density at radius 2 is 1.90 bits per heavy atom. The minimum Gasteiger partial charge on any atom is -0.493 e. The molecule has 0 heterocycles. The maximum atomic E-state index is 13.4. The van der Waals surface area contributed by atoms with Crippen molar-refractivity contribution in [3.05, 3.63) is 53.6 Å². The standard InChI is InChI=1S/C16H14F2O3/c1-2-7-21-15-6-4-11(16(19)20)8-12(15)10-3-5-13(17)14(18)9-10/h3-6,8-9H,2,7H2,1H3,(H,19,20). The van der Waals surface area contributed by atoms with Crippen molar-refractivity contribution in [2.45, 2.75) is 13.3 Å². The van der Waals surface area contributed by atoms with E-state index in [4.69, 9.17) is 9.84 Å². The molecule has 2 aromatic rings. The number of carbonyl (C=O) groups is 1. The van der Waals surface area contributed by atoms with E-state index in [0.717, 1.165) is 18.6 Å². The third kappa shape index (κ3) is 3.37. The lowest BCUT2D eigenvalue weighted by Crippen LogP contribution is -2.01. The van der Waals surface area contributed by atoms with E-state index in [-0.39, 0.29) is 5.56 Å². The number of hydrogen-bond donors (Lipinski definition) is 1. The first-order chi connectivity index (χ1) is 10.0. The first-order valence-electron chi connectivity index (χ1n) is 6.48. The number of halogens is 2. The molecule has 0 spiro atoms. The Bertz CT molecular complexity index is 669. The zero-order chi connectivity index (χ0) is 15.4.